The minimum atomic E-state index is -0.208. The van der Waals surface area contributed by atoms with Crippen LogP contribution >= 0.6 is 27.5 Å². The Balaban J connectivity index is 2.26. The molecule has 0 atom stereocenters. The van der Waals surface area contributed by atoms with Crippen LogP contribution in [-0.2, 0) is 10.3 Å². The highest BCUT2D eigenvalue weighted by molar-refractivity contribution is 9.11. The average molecular weight is 277 g/mol. The Kier molecular flexibility index (Phi) is 3.19. The maximum Gasteiger partial charge on any atom is 0.179 e. The molecule has 0 radical (unpaired) electrons. The van der Waals surface area contributed by atoms with Gasteiger partial charge >= 0.3 is 0 Å². The van der Waals surface area contributed by atoms with E-state index in [4.69, 9.17) is 4.74 Å². The summed E-state index contributed by atoms with van der Waals surface area (Å²) in [5, 5.41) is 0. The van der Waals surface area contributed by atoms with Crippen molar-refractivity contribution in [1.82, 2.24) is 9.36 Å². The molecule has 0 saturated heterocycles. The Bertz CT molecular complexity index is 310. The first kappa shape index (κ1) is 10.5. The third-order valence-electron chi connectivity index (χ3n) is 2.86. The lowest BCUT2D eigenvalue weighted by molar-refractivity contribution is -0.0506. The fraction of sp³-hybridized carbons (Fsp3) is 0.778. The third-order valence-corrected chi connectivity index (χ3v) is 3.98. The van der Waals surface area contributed by atoms with E-state index in [0.29, 0.717) is 0 Å². The predicted molar refractivity (Wildman–Crippen MR) is 59.4 cm³/mol. The molecule has 5 heteroatoms. The van der Waals surface area contributed by atoms with E-state index in [0.717, 1.165) is 22.6 Å². The quantitative estimate of drug-likeness (QED) is 0.833. The molecule has 1 aromatic rings. The summed E-state index contributed by atoms with van der Waals surface area (Å²) in [4.78, 5) is 4.38. The molecule has 1 aliphatic rings. The Morgan fingerprint density at radius 3 is 2.57 bits per heavy atom. The van der Waals surface area contributed by atoms with Gasteiger partial charge < -0.3 is 4.74 Å². The molecule has 1 saturated carbocycles. The van der Waals surface area contributed by atoms with Crippen molar-refractivity contribution in [2.24, 2.45) is 0 Å². The molecule has 0 spiro atoms. The Morgan fingerprint density at radius 2 is 2.07 bits per heavy atom. The largest absolute Gasteiger partial charge is 0.370 e. The molecule has 1 fully saturated rings. The Morgan fingerprint density at radius 1 is 1.36 bits per heavy atom. The van der Waals surface area contributed by atoms with Gasteiger partial charge in [0.1, 0.15) is 5.60 Å². The van der Waals surface area contributed by atoms with Crippen LogP contribution in [0.5, 0.6) is 0 Å². The number of hydrogen-bond acceptors (Lipinski definition) is 4. The second-order valence-electron chi connectivity index (χ2n) is 3.63. The summed E-state index contributed by atoms with van der Waals surface area (Å²) >= 11 is 4.73. The van der Waals surface area contributed by atoms with Gasteiger partial charge in [0.2, 0.25) is 0 Å². The first-order valence-corrected chi connectivity index (χ1v) is 6.38. The van der Waals surface area contributed by atoms with E-state index in [2.05, 4.69) is 25.3 Å². The van der Waals surface area contributed by atoms with Gasteiger partial charge in [-0.25, -0.2) is 4.98 Å². The van der Waals surface area contributed by atoms with Crippen LogP contribution in [0.2, 0.25) is 0 Å². The number of halogens is 1. The van der Waals surface area contributed by atoms with E-state index in [-0.39, 0.29) is 5.60 Å². The fourth-order valence-electron chi connectivity index (χ4n) is 2.03. The van der Waals surface area contributed by atoms with Gasteiger partial charge in [-0.1, -0.05) is 19.3 Å². The minimum absolute atomic E-state index is 0.208. The van der Waals surface area contributed by atoms with Crippen LogP contribution in [0.1, 0.15) is 37.9 Å². The Labute approximate surface area is 96.2 Å². The maximum absolute atomic E-state index is 5.64. The van der Waals surface area contributed by atoms with Crippen molar-refractivity contribution in [3.63, 3.8) is 0 Å². The zero-order valence-corrected chi connectivity index (χ0v) is 10.5. The van der Waals surface area contributed by atoms with Gasteiger partial charge in [0.15, 0.2) is 9.74 Å². The summed E-state index contributed by atoms with van der Waals surface area (Å²) in [6.45, 7) is 0. The van der Waals surface area contributed by atoms with E-state index in [1.165, 1.54) is 30.8 Å². The molecular formula is C9H13BrN2OS. The molecule has 14 heavy (non-hydrogen) atoms. The SMILES string of the molecule is COC1(c2nsc(Br)n2)CCCCC1. The average Bonchev–Trinajstić information content (AvgIpc) is 2.66. The highest BCUT2D eigenvalue weighted by Crippen LogP contribution is 2.39. The van der Waals surface area contributed by atoms with Crippen LogP contribution in [0.4, 0.5) is 0 Å². The monoisotopic (exact) mass is 276 g/mol. The van der Waals surface area contributed by atoms with Crippen molar-refractivity contribution in [3.05, 3.63) is 9.74 Å². The number of rotatable bonds is 2. The maximum atomic E-state index is 5.64. The van der Waals surface area contributed by atoms with Crippen molar-refractivity contribution in [2.45, 2.75) is 37.7 Å². The molecule has 1 aromatic heterocycles. The molecule has 2 rings (SSSR count). The molecule has 3 nitrogen and oxygen atoms in total. The summed E-state index contributed by atoms with van der Waals surface area (Å²) < 4.78 is 10.8. The van der Waals surface area contributed by atoms with Gasteiger partial charge in [-0.3, -0.25) is 0 Å². The van der Waals surface area contributed by atoms with Crippen LogP contribution in [0.15, 0.2) is 3.92 Å². The van der Waals surface area contributed by atoms with Crippen LogP contribution in [-0.4, -0.2) is 16.5 Å². The topological polar surface area (TPSA) is 35.0 Å². The van der Waals surface area contributed by atoms with Gasteiger partial charge in [0, 0.05) is 7.11 Å². The lowest BCUT2D eigenvalue weighted by atomic mass is 9.84. The number of aromatic nitrogens is 2. The van der Waals surface area contributed by atoms with Crippen molar-refractivity contribution in [1.29, 1.82) is 0 Å². The molecule has 0 unspecified atom stereocenters. The summed E-state index contributed by atoms with van der Waals surface area (Å²) in [6, 6.07) is 0. The van der Waals surface area contributed by atoms with Crippen LogP contribution < -0.4 is 0 Å². The van der Waals surface area contributed by atoms with E-state index in [1.54, 1.807) is 7.11 Å². The number of ether oxygens (including phenoxy) is 1. The number of nitrogens with zero attached hydrogens (tertiary/aromatic N) is 2. The van der Waals surface area contributed by atoms with Gasteiger partial charge in [0.05, 0.1) is 0 Å². The highest BCUT2D eigenvalue weighted by Gasteiger charge is 2.37. The molecule has 0 aliphatic heterocycles. The molecule has 0 aromatic carbocycles. The zero-order chi connectivity index (χ0) is 10.0. The molecule has 1 heterocycles. The van der Waals surface area contributed by atoms with Crippen molar-refractivity contribution >= 4 is 27.5 Å². The molecule has 78 valence electrons. The fourth-order valence-corrected chi connectivity index (χ4v) is 2.91. The Hall–Kier alpha value is -0.0000000000000000555. The summed E-state index contributed by atoms with van der Waals surface area (Å²) in [5.41, 5.74) is -0.208. The van der Waals surface area contributed by atoms with Crippen LogP contribution in [0, 0.1) is 0 Å². The van der Waals surface area contributed by atoms with Gasteiger partial charge in [-0.15, -0.1) is 0 Å². The lowest BCUT2D eigenvalue weighted by Crippen LogP contribution is -2.32. The molecule has 0 amide bonds. The smallest absolute Gasteiger partial charge is 0.179 e. The number of methoxy groups -OCH3 is 1. The summed E-state index contributed by atoms with van der Waals surface area (Å²) in [5.74, 6) is 0.858. The van der Waals surface area contributed by atoms with E-state index >= 15 is 0 Å². The second kappa shape index (κ2) is 4.24. The predicted octanol–water partition coefficient (Wildman–Crippen LogP) is 3.11. The first-order chi connectivity index (χ1) is 6.77. The molecule has 0 N–H and O–H groups in total. The molecule has 1 aliphatic carbocycles. The van der Waals surface area contributed by atoms with E-state index in [1.807, 2.05) is 0 Å². The van der Waals surface area contributed by atoms with E-state index < -0.39 is 0 Å². The van der Waals surface area contributed by atoms with Gasteiger partial charge in [-0.2, -0.15) is 4.37 Å². The van der Waals surface area contributed by atoms with E-state index in [9.17, 15) is 0 Å². The van der Waals surface area contributed by atoms with Crippen LogP contribution in [0.3, 0.4) is 0 Å². The van der Waals surface area contributed by atoms with Gasteiger partial charge in [-0.05, 0) is 40.3 Å². The minimum Gasteiger partial charge on any atom is -0.370 e. The van der Waals surface area contributed by atoms with Crippen LogP contribution in [0.25, 0.3) is 0 Å². The molecular weight excluding hydrogens is 264 g/mol. The van der Waals surface area contributed by atoms with Crippen molar-refractivity contribution < 1.29 is 4.74 Å². The summed E-state index contributed by atoms with van der Waals surface area (Å²) in [7, 11) is 1.76. The zero-order valence-electron chi connectivity index (χ0n) is 8.12. The van der Waals surface area contributed by atoms with Gasteiger partial charge in [0.25, 0.3) is 0 Å². The standard InChI is InChI=1S/C9H13BrN2OS/c1-13-9(5-3-2-4-6-9)7-11-8(10)14-12-7/h2-6H2,1H3. The highest BCUT2D eigenvalue weighted by atomic mass is 79.9. The number of hydrogen-bond donors (Lipinski definition) is 0. The lowest BCUT2D eigenvalue weighted by Gasteiger charge is -2.33. The first-order valence-electron chi connectivity index (χ1n) is 4.82. The summed E-state index contributed by atoms with van der Waals surface area (Å²) in [6.07, 6.45) is 5.82. The van der Waals surface area contributed by atoms with Crippen molar-refractivity contribution in [3.8, 4) is 0 Å². The normalized spacial score (nSPS) is 21.0. The van der Waals surface area contributed by atoms with Crippen molar-refractivity contribution in [2.75, 3.05) is 7.11 Å². The third kappa shape index (κ3) is 1.85. The second-order valence-corrected chi connectivity index (χ2v) is 5.66. The molecule has 0 bridgehead atoms.